The summed E-state index contributed by atoms with van der Waals surface area (Å²) in [7, 11) is 1.36. The second kappa shape index (κ2) is 4.32. The summed E-state index contributed by atoms with van der Waals surface area (Å²) < 4.78 is 5.59. The molecule has 1 aromatic heterocycles. The van der Waals surface area contributed by atoms with Crippen LogP contribution >= 0.6 is 0 Å². The number of methoxy groups -OCH3 is 1. The van der Waals surface area contributed by atoms with Crippen molar-refractivity contribution in [2.75, 3.05) is 7.11 Å². The first-order valence-electron chi connectivity index (χ1n) is 3.25. The van der Waals surface area contributed by atoms with Crippen molar-refractivity contribution < 1.29 is 9.53 Å². The number of rotatable bonds is 1. The van der Waals surface area contributed by atoms with Crippen LogP contribution in [0.15, 0.2) is 18.3 Å². The third-order valence-electron chi connectivity index (χ3n) is 1.33. The van der Waals surface area contributed by atoms with E-state index >= 15 is 0 Å². The second-order valence-corrected chi connectivity index (χ2v) is 3.78. The van der Waals surface area contributed by atoms with Gasteiger partial charge < -0.3 is 0 Å². The summed E-state index contributed by atoms with van der Waals surface area (Å²) >= 11 is 0.571. The number of hydrogen-bond acceptors (Lipinski definition) is 3. The van der Waals surface area contributed by atoms with E-state index in [2.05, 4.69) is 9.72 Å². The van der Waals surface area contributed by atoms with Gasteiger partial charge in [-0.25, -0.2) is 0 Å². The van der Waals surface area contributed by atoms with Crippen molar-refractivity contribution in [3.8, 4) is 0 Å². The first kappa shape index (κ1) is 9.35. The molecule has 0 fully saturated rings. The average molecular weight is 175 g/mol. The summed E-state index contributed by atoms with van der Waals surface area (Å²) in [6.07, 6.45) is 1.55. The van der Waals surface area contributed by atoms with E-state index < -0.39 is 0 Å². The number of pyridine rings is 1. The Morgan fingerprint density at radius 3 is 2.82 bits per heavy atom. The summed E-state index contributed by atoms with van der Waals surface area (Å²) in [5.41, 5.74) is 0.514. The summed E-state index contributed by atoms with van der Waals surface area (Å²) in [6.45, 7) is 0. The van der Waals surface area contributed by atoms with Crippen molar-refractivity contribution in [1.29, 1.82) is 0 Å². The Balaban J connectivity index is 2.90. The van der Waals surface area contributed by atoms with Crippen LogP contribution in [0.2, 0.25) is 0 Å². The van der Waals surface area contributed by atoms with Gasteiger partial charge in [-0.2, -0.15) is 0 Å². The molecular weight excluding hydrogens is 169 g/mol. The van der Waals surface area contributed by atoms with Crippen LogP contribution in [-0.2, 0) is 4.74 Å². The molecule has 0 aliphatic carbocycles. The molecule has 0 saturated heterocycles. The van der Waals surface area contributed by atoms with Crippen LogP contribution in [0.3, 0.4) is 0 Å². The van der Waals surface area contributed by atoms with Crippen molar-refractivity contribution in [2.24, 2.45) is 0 Å². The summed E-state index contributed by atoms with van der Waals surface area (Å²) in [5, 5.41) is 0. The number of hydrogen-bond donors (Lipinski definition) is 0. The van der Waals surface area contributed by atoms with E-state index in [9.17, 15) is 4.79 Å². The third kappa shape index (κ3) is 2.65. The van der Waals surface area contributed by atoms with Crippen LogP contribution in [-0.4, -0.2) is 67.0 Å². The Morgan fingerprint density at radius 2 is 2.36 bits per heavy atom. The summed E-state index contributed by atoms with van der Waals surface area (Å²) in [6, 6.07) is 3.59. The number of carbonyl (C=O) groups excluding carboxylic acids is 1. The molecule has 0 N–H and O–H groups in total. The van der Waals surface area contributed by atoms with Crippen molar-refractivity contribution >= 4 is 54.7 Å². The molecule has 0 radical (unpaired) electrons. The molecule has 0 unspecified atom stereocenters. The van der Waals surface area contributed by atoms with E-state index in [4.69, 9.17) is 0 Å². The molecule has 1 rings (SSSR count). The predicted octanol–water partition coefficient (Wildman–Crippen LogP) is -0.338. The van der Waals surface area contributed by atoms with Crippen LogP contribution in [0.5, 0.6) is 0 Å². The minimum absolute atomic E-state index is 0.329. The van der Waals surface area contributed by atoms with E-state index in [1.54, 1.807) is 12.3 Å². The van der Waals surface area contributed by atoms with Crippen LogP contribution in [0.1, 0.15) is 10.4 Å². The molecule has 1 aromatic rings. The molecule has 0 saturated carbocycles. The molecule has 3 nitrogen and oxygen atoms in total. The molecular formula is C7H6KNO2. The van der Waals surface area contributed by atoms with Gasteiger partial charge in [0.05, 0.1) is 0 Å². The van der Waals surface area contributed by atoms with Gasteiger partial charge in [-0.1, -0.05) is 0 Å². The molecule has 0 bridgehead atoms. The third-order valence-corrected chi connectivity index (χ3v) is 2.26. The summed E-state index contributed by atoms with van der Waals surface area (Å²) in [5.74, 6) is -0.329. The van der Waals surface area contributed by atoms with E-state index in [1.807, 2.05) is 6.07 Å². The van der Waals surface area contributed by atoms with E-state index in [1.165, 1.54) is 7.11 Å². The molecule has 0 aliphatic rings. The Morgan fingerprint density at radius 1 is 1.64 bits per heavy atom. The summed E-state index contributed by atoms with van der Waals surface area (Å²) in [4.78, 5) is 14.9. The molecule has 0 spiro atoms. The number of ether oxygens (including phenoxy) is 1. The van der Waals surface area contributed by atoms with Crippen LogP contribution in [0.4, 0.5) is 0 Å². The Bertz CT molecular complexity index is 258. The van der Waals surface area contributed by atoms with E-state index in [-0.39, 0.29) is 5.97 Å². The molecule has 4 heteroatoms. The second-order valence-electron chi connectivity index (χ2n) is 2.18. The Kier molecular flexibility index (Phi) is 3.67. The maximum atomic E-state index is 10.9. The van der Waals surface area contributed by atoms with Crippen LogP contribution in [0.25, 0.3) is 0 Å². The zero-order valence-corrected chi connectivity index (χ0v) is 9.62. The molecule has 0 aromatic carbocycles. The molecule has 1 heterocycles. The molecule has 0 atom stereocenters. The van der Waals surface area contributed by atoms with Gasteiger partial charge in [0.1, 0.15) is 0 Å². The van der Waals surface area contributed by atoms with Gasteiger partial charge in [0.2, 0.25) is 0 Å². The maximum absolute atomic E-state index is 10.9. The molecule has 0 aliphatic heterocycles. The SMILES string of the molecule is COC(=O)c1cc[c]([K])nc1. The predicted molar refractivity (Wildman–Crippen MR) is 41.0 cm³/mol. The number of esters is 1. The Hall–Kier alpha value is 0.256. The van der Waals surface area contributed by atoms with Crippen LogP contribution in [0, 0.1) is 0 Å². The van der Waals surface area contributed by atoms with Crippen molar-refractivity contribution in [1.82, 2.24) is 4.98 Å². The van der Waals surface area contributed by atoms with Gasteiger partial charge in [-0.05, 0) is 0 Å². The number of aromatic nitrogens is 1. The fraction of sp³-hybridized carbons (Fsp3) is 0.143. The normalized spacial score (nSPS) is 9.36. The first-order chi connectivity index (χ1) is 5.24. The average Bonchev–Trinajstić information content (AvgIpc) is 2.05. The van der Waals surface area contributed by atoms with E-state index in [0.717, 1.165) is -0.212 Å². The minimum atomic E-state index is -0.329. The van der Waals surface area contributed by atoms with Crippen LogP contribution < -0.4 is -0.212 Å². The quantitative estimate of drug-likeness (QED) is 0.433. The van der Waals surface area contributed by atoms with Crippen molar-refractivity contribution in [2.45, 2.75) is 0 Å². The zero-order chi connectivity index (χ0) is 8.27. The number of carbonyl (C=O) groups is 1. The van der Waals surface area contributed by atoms with Gasteiger partial charge in [0.25, 0.3) is 0 Å². The van der Waals surface area contributed by atoms with E-state index in [0.29, 0.717) is 54.5 Å². The first-order valence-corrected chi connectivity index (χ1v) is 4.81. The molecule has 52 valence electrons. The van der Waals surface area contributed by atoms with Crippen molar-refractivity contribution in [3.05, 3.63) is 23.9 Å². The standard InChI is InChI=1S/C7H6NO2.K/c1-10-7(9)6-3-2-4-8-5-6;/h2-3,5H,1H3;. The van der Waals surface area contributed by atoms with Gasteiger partial charge in [0.15, 0.2) is 0 Å². The monoisotopic (exact) mass is 175 g/mol. The van der Waals surface area contributed by atoms with Gasteiger partial charge in [0, 0.05) is 0 Å². The van der Waals surface area contributed by atoms with Gasteiger partial charge in [-0.3, -0.25) is 0 Å². The fourth-order valence-electron chi connectivity index (χ4n) is 0.706. The molecule has 11 heavy (non-hydrogen) atoms. The molecule has 0 amide bonds. The fourth-order valence-corrected chi connectivity index (χ4v) is 1.17. The van der Waals surface area contributed by atoms with Crippen molar-refractivity contribution in [3.63, 3.8) is 0 Å². The number of nitrogens with zero attached hydrogens (tertiary/aromatic N) is 1. The zero-order valence-electron chi connectivity index (χ0n) is 6.50. The van der Waals surface area contributed by atoms with Gasteiger partial charge in [-0.15, -0.1) is 0 Å². The van der Waals surface area contributed by atoms with Gasteiger partial charge >= 0.3 is 100 Å². The Labute approximate surface area is 98.7 Å². The topological polar surface area (TPSA) is 39.2 Å².